The zero-order valence-corrected chi connectivity index (χ0v) is 9.37. The molecule has 0 radical (unpaired) electrons. The van der Waals surface area contributed by atoms with Crippen molar-refractivity contribution >= 4 is 0 Å². The van der Waals surface area contributed by atoms with Crippen LogP contribution in [0, 0.1) is 11.3 Å². The minimum Gasteiger partial charge on any atom is -0.469 e. The van der Waals surface area contributed by atoms with Crippen molar-refractivity contribution in [2.75, 3.05) is 0 Å². The van der Waals surface area contributed by atoms with Crippen molar-refractivity contribution in [2.24, 2.45) is 0 Å². The number of aromatic nitrogens is 2. The average molecular weight is 225 g/mol. The van der Waals surface area contributed by atoms with Crippen LogP contribution in [0.1, 0.15) is 24.3 Å². The summed E-state index contributed by atoms with van der Waals surface area (Å²) in [5, 5.41) is 8.60. The van der Waals surface area contributed by atoms with Crippen molar-refractivity contribution in [3.63, 3.8) is 0 Å². The number of nitriles is 1. The van der Waals surface area contributed by atoms with E-state index in [1.165, 1.54) is 12.4 Å². The molecule has 1 atom stereocenters. The van der Waals surface area contributed by atoms with Crippen LogP contribution in [0.4, 0.5) is 0 Å². The van der Waals surface area contributed by atoms with Crippen LogP contribution in [0.2, 0.25) is 0 Å². The molecule has 84 valence electrons. The predicted molar refractivity (Wildman–Crippen MR) is 62.2 cm³/mol. The zero-order valence-electron chi connectivity index (χ0n) is 9.37. The Hall–Kier alpha value is -2.41. The molecule has 0 bridgehead atoms. The molecule has 0 aliphatic rings. The van der Waals surface area contributed by atoms with Gasteiger partial charge >= 0.3 is 0 Å². The lowest BCUT2D eigenvalue weighted by Crippen LogP contribution is -2.04. The molecule has 0 aliphatic heterocycles. The topological polar surface area (TPSA) is 58.8 Å². The van der Waals surface area contributed by atoms with Gasteiger partial charge in [0.2, 0.25) is 5.88 Å². The van der Waals surface area contributed by atoms with E-state index in [9.17, 15) is 0 Å². The van der Waals surface area contributed by atoms with Crippen molar-refractivity contribution in [3.05, 3.63) is 54.0 Å². The fourth-order valence-electron chi connectivity index (χ4n) is 1.41. The van der Waals surface area contributed by atoms with Crippen molar-refractivity contribution in [3.8, 4) is 11.9 Å². The molecule has 17 heavy (non-hydrogen) atoms. The second kappa shape index (κ2) is 5.08. The molecule has 4 nitrogen and oxygen atoms in total. The second-order valence-corrected chi connectivity index (χ2v) is 3.52. The first kappa shape index (κ1) is 11.1. The highest BCUT2D eigenvalue weighted by atomic mass is 16.5. The molecule has 4 heteroatoms. The molecular weight excluding hydrogens is 214 g/mol. The van der Waals surface area contributed by atoms with E-state index in [0.717, 1.165) is 5.56 Å². The molecule has 0 spiro atoms. The summed E-state index contributed by atoms with van der Waals surface area (Å²) in [4.78, 5) is 7.90. The van der Waals surface area contributed by atoms with E-state index in [4.69, 9.17) is 10.00 Å². The Morgan fingerprint density at radius 3 is 2.53 bits per heavy atom. The van der Waals surface area contributed by atoms with Crippen molar-refractivity contribution in [2.45, 2.75) is 13.0 Å². The summed E-state index contributed by atoms with van der Waals surface area (Å²) >= 11 is 0. The molecule has 0 saturated carbocycles. The maximum absolute atomic E-state index is 8.60. The molecule has 1 aromatic heterocycles. The largest absolute Gasteiger partial charge is 0.469 e. The second-order valence-electron chi connectivity index (χ2n) is 3.52. The van der Waals surface area contributed by atoms with Gasteiger partial charge in [0.15, 0.2) is 5.69 Å². The molecule has 2 aromatic rings. The van der Waals surface area contributed by atoms with Crippen LogP contribution in [0.3, 0.4) is 0 Å². The van der Waals surface area contributed by atoms with Gasteiger partial charge in [-0.2, -0.15) is 5.26 Å². The van der Waals surface area contributed by atoms with E-state index in [1.807, 2.05) is 43.3 Å². The van der Waals surface area contributed by atoms with Gasteiger partial charge in [-0.3, -0.25) is 0 Å². The number of rotatable bonds is 3. The van der Waals surface area contributed by atoms with Crippen molar-refractivity contribution < 1.29 is 4.74 Å². The van der Waals surface area contributed by atoms with Crippen LogP contribution in [-0.4, -0.2) is 9.97 Å². The lowest BCUT2D eigenvalue weighted by Gasteiger charge is -2.13. The van der Waals surface area contributed by atoms with Crippen LogP contribution in [0.5, 0.6) is 5.88 Å². The summed E-state index contributed by atoms with van der Waals surface area (Å²) < 4.78 is 5.62. The van der Waals surface area contributed by atoms with E-state index in [1.54, 1.807) is 0 Å². The van der Waals surface area contributed by atoms with Crippen LogP contribution >= 0.6 is 0 Å². The van der Waals surface area contributed by atoms with Gasteiger partial charge in [-0.1, -0.05) is 30.3 Å². The van der Waals surface area contributed by atoms with Crippen LogP contribution in [-0.2, 0) is 0 Å². The molecule has 0 fully saturated rings. The fourth-order valence-corrected chi connectivity index (χ4v) is 1.41. The summed E-state index contributed by atoms with van der Waals surface area (Å²) in [6.07, 6.45) is 2.75. The molecule has 0 amide bonds. The Kier molecular flexibility index (Phi) is 3.31. The smallest absolute Gasteiger partial charge is 0.232 e. The first-order valence-corrected chi connectivity index (χ1v) is 5.23. The summed E-state index contributed by atoms with van der Waals surface area (Å²) in [6, 6.07) is 11.8. The standard InChI is InChI=1S/C13H11N3O/c1-10(11-5-3-2-4-6-11)17-13-9-15-12(7-14)8-16-13/h2-6,8-10H,1H3. The van der Waals surface area contributed by atoms with Crippen LogP contribution < -0.4 is 4.74 Å². The number of hydrogen-bond donors (Lipinski definition) is 0. The Bertz CT molecular complexity index is 517. The third-order valence-electron chi connectivity index (χ3n) is 2.31. The van der Waals surface area contributed by atoms with Crippen LogP contribution in [0.15, 0.2) is 42.7 Å². The van der Waals surface area contributed by atoms with Gasteiger partial charge in [-0.25, -0.2) is 9.97 Å². The third-order valence-corrected chi connectivity index (χ3v) is 2.31. The van der Waals surface area contributed by atoms with Crippen molar-refractivity contribution in [1.82, 2.24) is 9.97 Å². The van der Waals surface area contributed by atoms with Crippen molar-refractivity contribution in [1.29, 1.82) is 5.26 Å². The number of benzene rings is 1. The maximum atomic E-state index is 8.60. The molecule has 1 heterocycles. The van der Waals surface area contributed by atoms with Gasteiger partial charge in [0.1, 0.15) is 12.2 Å². The predicted octanol–water partition coefficient (Wildman–Crippen LogP) is 2.49. The quantitative estimate of drug-likeness (QED) is 0.805. The van der Waals surface area contributed by atoms with Gasteiger partial charge in [0.05, 0.1) is 12.4 Å². The Labute approximate surface area is 99.5 Å². The number of nitrogens with zero attached hydrogens (tertiary/aromatic N) is 3. The van der Waals surface area contributed by atoms with Gasteiger partial charge in [0.25, 0.3) is 0 Å². The van der Waals surface area contributed by atoms with Gasteiger partial charge in [-0.15, -0.1) is 0 Å². The zero-order chi connectivity index (χ0) is 12.1. The summed E-state index contributed by atoms with van der Waals surface area (Å²) in [6.45, 7) is 1.94. The number of hydrogen-bond acceptors (Lipinski definition) is 4. The Balaban J connectivity index is 2.08. The van der Waals surface area contributed by atoms with E-state index >= 15 is 0 Å². The maximum Gasteiger partial charge on any atom is 0.232 e. The Morgan fingerprint density at radius 1 is 1.18 bits per heavy atom. The monoisotopic (exact) mass is 225 g/mol. The van der Waals surface area contributed by atoms with E-state index in [0.29, 0.717) is 5.88 Å². The lowest BCUT2D eigenvalue weighted by molar-refractivity contribution is 0.216. The molecule has 1 unspecified atom stereocenters. The molecule has 0 N–H and O–H groups in total. The summed E-state index contributed by atoms with van der Waals surface area (Å²) in [5.41, 5.74) is 1.35. The summed E-state index contributed by atoms with van der Waals surface area (Å²) in [7, 11) is 0. The molecule has 1 aromatic carbocycles. The first-order chi connectivity index (χ1) is 8.29. The minimum atomic E-state index is -0.0987. The summed E-state index contributed by atoms with van der Waals surface area (Å²) in [5.74, 6) is 0.417. The number of ether oxygens (including phenoxy) is 1. The third kappa shape index (κ3) is 2.79. The highest BCUT2D eigenvalue weighted by Gasteiger charge is 2.07. The SMILES string of the molecule is CC(Oc1cnc(C#N)cn1)c1ccccc1. The lowest BCUT2D eigenvalue weighted by atomic mass is 10.1. The van der Waals surface area contributed by atoms with E-state index in [2.05, 4.69) is 9.97 Å². The average Bonchev–Trinajstić information content (AvgIpc) is 2.40. The fraction of sp³-hybridized carbons (Fsp3) is 0.154. The molecule has 2 rings (SSSR count). The van der Waals surface area contributed by atoms with E-state index < -0.39 is 0 Å². The normalized spacial score (nSPS) is 11.5. The van der Waals surface area contributed by atoms with Gasteiger partial charge in [-0.05, 0) is 12.5 Å². The molecule has 0 aliphatic carbocycles. The molecule has 0 saturated heterocycles. The first-order valence-electron chi connectivity index (χ1n) is 5.23. The Morgan fingerprint density at radius 2 is 1.94 bits per heavy atom. The van der Waals surface area contributed by atoms with Gasteiger partial charge in [0, 0.05) is 0 Å². The van der Waals surface area contributed by atoms with Crippen LogP contribution in [0.25, 0.3) is 0 Å². The van der Waals surface area contributed by atoms with Gasteiger partial charge < -0.3 is 4.74 Å². The van der Waals surface area contributed by atoms with E-state index in [-0.39, 0.29) is 11.8 Å². The minimum absolute atomic E-state index is 0.0987. The highest BCUT2D eigenvalue weighted by molar-refractivity contribution is 5.21. The molecular formula is C13H11N3O. The highest BCUT2D eigenvalue weighted by Crippen LogP contribution is 2.18.